The molecule has 0 aromatic rings. The molecular weight excluding hydrogens is 208 g/mol. The molecule has 0 aliphatic rings. The van der Waals surface area contributed by atoms with Gasteiger partial charge in [-0.25, -0.2) is 0 Å². The van der Waals surface area contributed by atoms with Crippen molar-refractivity contribution in [1.82, 2.24) is 0 Å². The molecule has 0 radical (unpaired) electrons. The quantitative estimate of drug-likeness (QED) is 0.446. The second-order valence-electron chi connectivity index (χ2n) is 3.49. The van der Waals surface area contributed by atoms with Gasteiger partial charge >= 0.3 is 0 Å². The summed E-state index contributed by atoms with van der Waals surface area (Å²) in [5, 5.41) is 8.94. The molecule has 0 bridgehead atoms. The number of hydrogen-bond acceptors (Lipinski definition) is 4. The average molecular weight is 230 g/mol. The van der Waals surface area contributed by atoms with E-state index < -0.39 is 0 Å². The van der Waals surface area contributed by atoms with Gasteiger partial charge in [0.15, 0.2) is 0 Å². The minimum absolute atomic E-state index is 0.0234. The van der Waals surface area contributed by atoms with Gasteiger partial charge in [-0.05, 0) is 13.3 Å². The number of aliphatic hydroxyl groups excluding tert-OH is 1. The Labute approximate surface area is 97.9 Å². The Morgan fingerprint density at radius 3 is 2.56 bits per heavy atom. The van der Waals surface area contributed by atoms with Crippen molar-refractivity contribution in [3.8, 4) is 12.3 Å². The van der Waals surface area contributed by atoms with Crippen molar-refractivity contribution >= 4 is 0 Å². The van der Waals surface area contributed by atoms with Gasteiger partial charge in [-0.2, -0.15) is 0 Å². The molecule has 0 aliphatic carbocycles. The number of aliphatic hydroxyl groups is 1. The maximum Gasteiger partial charge on any atom is 0.107 e. The summed E-state index contributed by atoms with van der Waals surface area (Å²) in [7, 11) is 0. The highest BCUT2D eigenvalue weighted by atomic mass is 16.6. The topological polar surface area (TPSA) is 47.9 Å². The Morgan fingerprint density at radius 1 is 1.31 bits per heavy atom. The molecule has 0 aliphatic heterocycles. The fourth-order valence-electron chi connectivity index (χ4n) is 1.13. The third kappa shape index (κ3) is 8.69. The van der Waals surface area contributed by atoms with E-state index in [0.29, 0.717) is 26.4 Å². The summed E-state index contributed by atoms with van der Waals surface area (Å²) in [6.07, 6.45) is 5.69. The van der Waals surface area contributed by atoms with E-state index in [4.69, 9.17) is 25.7 Å². The zero-order chi connectivity index (χ0) is 12.2. The van der Waals surface area contributed by atoms with E-state index in [1.807, 2.05) is 13.8 Å². The standard InChI is InChI=1S/C12H22O4/c1-4-6-14-7-8-15-10-11(3)16-12(5-2)9-13/h1,11-13H,5-10H2,2-3H3. The van der Waals surface area contributed by atoms with Crippen LogP contribution in [0.2, 0.25) is 0 Å². The third-order valence-electron chi connectivity index (χ3n) is 1.99. The van der Waals surface area contributed by atoms with E-state index in [-0.39, 0.29) is 18.8 Å². The maximum absolute atomic E-state index is 8.94. The summed E-state index contributed by atoms with van der Waals surface area (Å²) in [6, 6.07) is 0. The first kappa shape index (κ1) is 15.4. The van der Waals surface area contributed by atoms with Crippen LogP contribution in [0.5, 0.6) is 0 Å². The Balaban J connectivity index is 3.36. The van der Waals surface area contributed by atoms with Crippen molar-refractivity contribution < 1.29 is 19.3 Å². The van der Waals surface area contributed by atoms with Crippen LogP contribution in [0.25, 0.3) is 0 Å². The zero-order valence-corrected chi connectivity index (χ0v) is 10.1. The molecule has 4 nitrogen and oxygen atoms in total. The van der Waals surface area contributed by atoms with Crippen molar-refractivity contribution in [2.24, 2.45) is 0 Å². The molecule has 0 fully saturated rings. The molecule has 0 heterocycles. The predicted molar refractivity (Wildman–Crippen MR) is 62.2 cm³/mol. The van der Waals surface area contributed by atoms with Crippen LogP contribution in [0.15, 0.2) is 0 Å². The second kappa shape index (κ2) is 10.9. The highest BCUT2D eigenvalue weighted by molar-refractivity contribution is 4.82. The van der Waals surface area contributed by atoms with Gasteiger partial charge in [-0.3, -0.25) is 0 Å². The summed E-state index contributed by atoms with van der Waals surface area (Å²) >= 11 is 0. The average Bonchev–Trinajstić information content (AvgIpc) is 2.30. The maximum atomic E-state index is 8.94. The molecule has 0 saturated carbocycles. The monoisotopic (exact) mass is 230 g/mol. The molecule has 0 saturated heterocycles. The Bertz CT molecular complexity index is 184. The Kier molecular flexibility index (Phi) is 10.5. The van der Waals surface area contributed by atoms with Crippen molar-refractivity contribution in [3.63, 3.8) is 0 Å². The van der Waals surface area contributed by atoms with E-state index in [1.54, 1.807) is 0 Å². The molecule has 0 amide bonds. The van der Waals surface area contributed by atoms with Gasteiger partial charge in [-0.15, -0.1) is 6.42 Å². The number of terminal acetylenes is 1. The summed E-state index contributed by atoms with van der Waals surface area (Å²) in [5.74, 6) is 2.38. The van der Waals surface area contributed by atoms with E-state index >= 15 is 0 Å². The van der Waals surface area contributed by atoms with Crippen LogP contribution in [0.4, 0.5) is 0 Å². The van der Waals surface area contributed by atoms with E-state index in [2.05, 4.69) is 5.92 Å². The van der Waals surface area contributed by atoms with E-state index in [9.17, 15) is 0 Å². The lowest BCUT2D eigenvalue weighted by atomic mass is 10.3. The van der Waals surface area contributed by atoms with Gasteiger partial charge in [0.05, 0.1) is 38.6 Å². The van der Waals surface area contributed by atoms with Crippen molar-refractivity contribution in [2.45, 2.75) is 32.5 Å². The van der Waals surface area contributed by atoms with Gasteiger partial charge in [-0.1, -0.05) is 12.8 Å². The smallest absolute Gasteiger partial charge is 0.107 e. The van der Waals surface area contributed by atoms with Crippen LogP contribution in [0.1, 0.15) is 20.3 Å². The molecule has 0 aromatic carbocycles. The van der Waals surface area contributed by atoms with Crippen molar-refractivity contribution in [1.29, 1.82) is 0 Å². The first-order valence-electron chi connectivity index (χ1n) is 5.59. The molecular formula is C12H22O4. The Hall–Kier alpha value is -0.600. The van der Waals surface area contributed by atoms with Gasteiger partial charge in [0.25, 0.3) is 0 Å². The van der Waals surface area contributed by atoms with Crippen molar-refractivity contribution in [3.05, 3.63) is 0 Å². The summed E-state index contributed by atoms with van der Waals surface area (Å²) in [4.78, 5) is 0. The normalized spacial score (nSPS) is 14.4. The lowest BCUT2D eigenvalue weighted by Gasteiger charge is -2.19. The van der Waals surface area contributed by atoms with Gasteiger partial charge in [0.1, 0.15) is 6.61 Å². The molecule has 16 heavy (non-hydrogen) atoms. The van der Waals surface area contributed by atoms with Crippen molar-refractivity contribution in [2.75, 3.05) is 33.0 Å². The Morgan fingerprint density at radius 2 is 2.00 bits per heavy atom. The SMILES string of the molecule is C#CCOCCOCC(C)OC(CC)CO. The minimum atomic E-state index is -0.101. The van der Waals surface area contributed by atoms with Crippen LogP contribution >= 0.6 is 0 Å². The first-order valence-corrected chi connectivity index (χ1v) is 5.59. The summed E-state index contributed by atoms with van der Waals surface area (Å²) < 4.78 is 15.9. The number of rotatable bonds is 10. The van der Waals surface area contributed by atoms with Gasteiger partial charge < -0.3 is 19.3 Å². The highest BCUT2D eigenvalue weighted by Gasteiger charge is 2.10. The summed E-state index contributed by atoms with van der Waals surface area (Å²) in [5.41, 5.74) is 0. The van der Waals surface area contributed by atoms with E-state index in [0.717, 1.165) is 6.42 Å². The predicted octanol–water partition coefficient (Wildman–Crippen LogP) is 0.829. The highest BCUT2D eigenvalue weighted by Crippen LogP contribution is 2.02. The minimum Gasteiger partial charge on any atom is -0.394 e. The van der Waals surface area contributed by atoms with Crippen LogP contribution in [0.3, 0.4) is 0 Å². The number of hydrogen-bond donors (Lipinski definition) is 1. The number of ether oxygens (including phenoxy) is 3. The van der Waals surface area contributed by atoms with Crippen LogP contribution < -0.4 is 0 Å². The first-order chi connectivity index (χ1) is 7.74. The van der Waals surface area contributed by atoms with Crippen LogP contribution in [-0.2, 0) is 14.2 Å². The molecule has 1 N–H and O–H groups in total. The molecule has 0 aromatic heterocycles. The summed E-state index contributed by atoms with van der Waals surface area (Å²) in [6.45, 7) is 5.75. The molecule has 4 heteroatoms. The zero-order valence-electron chi connectivity index (χ0n) is 10.1. The molecule has 2 unspecified atom stereocenters. The van der Waals surface area contributed by atoms with Crippen LogP contribution in [-0.4, -0.2) is 50.3 Å². The van der Waals surface area contributed by atoms with Crippen LogP contribution in [0, 0.1) is 12.3 Å². The fourth-order valence-corrected chi connectivity index (χ4v) is 1.13. The lowest BCUT2D eigenvalue weighted by Crippen LogP contribution is -2.26. The third-order valence-corrected chi connectivity index (χ3v) is 1.99. The second-order valence-corrected chi connectivity index (χ2v) is 3.49. The molecule has 2 atom stereocenters. The molecule has 94 valence electrons. The fraction of sp³-hybridized carbons (Fsp3) is 0.833. The lowest BCUT2D eigenvalue weighted by molar-refractivity contribution is -0.0716. The van der Waals surface area contributed by atoms with Gasteiger partial charge in [0, 0.05) is 0 Å². The van der Waals surface area contributed by atoms with Gasteiger partial charge in [0.2, 0.25) is 0 Å². The largest absolute Gasteiger partial charge is 0.394 e. The molecule has 0 rings (SSSR count). The molecule has 0 spiro atoms. The van der Waals surface area contributed by atoms with E-state index in [1.165, 1.54) is 0 Å².